The second kappa shape index (κ2) is 11.9. The van der Waals surface area contributed by atoms with Gasteiger partial charge in [0, 0.05) is 0 Å². The van der Waals surface area contributed by atoms with Crippen LogP contribution >= 0.6 is 0 Å². The highest BCUT2D eigenvalue weighted by Crippen LogP contribution is 2.48. The van der Waals surface area contributed by atoms with Crippen molar-refractivity contribution in [2.75, 3.05) is 0 Å². The number of ether oxygens (including phenoxy) is 2. The van der Waals surface area contributed by atoms with E-state index in [0.29, 0.717) is 44.3 Å². The van der Waals surface area contributed by atoms with E-state index in [9.17, 15) is 26.8 Å². The first-order valence-electron chi connectivity index (χ1n) is 13.3. The lowest BCUT2D eigenvalue weighted by Gasteiger charge is -2.44. The maximum atomic E-state index is 14.0. The molecule has 1 aromatic rings. The van der Waals surface area contributed by atoms with Gasteiger partial charge in [-0.05, 0) is 55.6 Å². The Morgan fingerprint density at radius 2 is 1.46 bits per heavy atom. The number of alkyl halides is 2. The number of carbonyl (C=O) groups is 2. The van der Waals surface area contributed by atoms with Crippen molar-refractivity contribution in [3.63, 3.8) is 0 Å². The lowest BCUT2D eigenvalue weighted by atomic mass is 9.61. The number of fused-ring (bicyclic) bond motifs is 1. The zero-order valence-corrected chi connectivity index (χ0v) is 22.8. The van der Waals surface area contributed by atoms with E-state index in [2.05, 4.69) is 20.0 Å². The third-order valence-corrected chi connectivity index (χ3v) is 9.10. The van der Waals surface area contributed by atoms with Crippen LogP contribution in [0, 0.1) is 23.7 Å². The van der Waals surface area contributed by atoms with Gasteiger partial charge in [0.1, 0.15) is 29.3 Å². The molecule has 2 saturated carbocycles. The van der Waals surface area contributed by atoms with Crippen molar-refractivity contribution in [1.82, 2.24) is 0 Å². The molecule has 2 aliphatic rings. The first kappa shape index (κ1) is 29.7. The molecule has 0 aliphatic heterocycles. The van der Waals surface area contributed by atoms with Gasteiger partial charge in [0.15, 0.2) is 6.10 Å². The van der Waals surface area contributed by atoms with Crippen molar-refractivity contribution in [2.24, 2.45) is 23.7 Å². The van der Waals surface area contributed by atoms with Crippen molar-refractivity contribution in [3.8, 4) is 5.75 Å². The third kappa shape index (κ3) is 6.24. The van der Waals surface area contributed by atoms with Crippen LogP contribution in [0.4, 0.5) is 8.78 Å². The molecular weight excluding hydrogens is 503 g/mol. The highest BCUT2D eigenvalue weighted by molar-refractivity contribution is 7.86. The van der Waals surface area contributed by atoms with Crippen molar-refractivity contribution < 1.29 is 40.8 Å². The van der Waals surface area contributed by atoms with Crippen LogP contribution in [-0.4, -0.2) is 59.8 Å². The molecular formula is C24H35B3F2O7S. The van der Waals surface area contributed by atoms with Crippen LogP contribution in [0.15, 0.2) is 12.1 Å². The quantitative estimate of drug-likeness (QED) is 0.218. The average molecular weight is 538 g/mol. The van der Waals surface area contributed by atoms with Gasteiger partial charge in [0.05, 0.1) is 11.8 Å². The van der Waals surface area contributed by atoms with Gasteiger partial charge in [-0.25, -0.2) is 0 Å². The molecule has 0 aromatic heterocycles. The molecule has 0 amide bonds. The molecule has 2 fully saturated rings. The Balaban J connectivity index is 1.78. The van der Waals surface area contributed by atoms with E-state index in [1.807, 2.05) is 15.7 Å². The summed E-state index contributed by atoms with van der Waals surface area (Å²) in [6.07, 6.45) is 3.65. The Hall–Kier alpha value is -1.88. The van der Waals surface area contributed by atoms with Gasteiger partial charge in [-0.1, -0.05) is 49.5 Å². The van der Waals surface area contributed by atoms with E-state index in [4.69, 9.17) is 14.0 Å². The van der Waals surface area contributed by atoms with Crippen LogP contribution in [0.5, 0.6) is 5.75 Å². The number of esters is 2. The van der Waals surface area contributed by atoms with Crippen molar-refractivity contribution in [1.29, 1.82) is 0 Å². The van der Waals surface area contributed by atoms with Gasteiger partial charge in [0.25, 0.3) is 0 Å². The normalized spacial score (nSPS) is 25.1. The lowest BCUT2D eigenvalue weighted by Crippen LogP contribution is -2.46. The molecule has 13 heteroatoms. The number of hydrogen-bond acceptors (Lipinski definition) is 6. The van der Waals surface area contributed by atoms with Gasteiger partial charge in [-0.3, -0.25) is 14.1 Å². The summed E-state index contributed by atoms with van der Waals surface area (Å²) in [5, 5.41) is -4.61. The first-order valence-corrected chi connectivity index (χ1v) is 14.7. The largest absolute Gasteiger partial charge is 0.455 e. The number of halogens is 2. The van der Waals surface area contributed by atoms with Crippen LogP contribution in [0.3, 0.4) is 0 Å². The second-order valence-corrected chi connectivity index (χ2v) is 11.7. The van der Waals surface area contributed by atoms with E-state index in [-0.39, 0.29) is 17.8 Å². The maximum Gasteiger partial charge on any atom is 0.405 e. The van der Waals surface area contributed by atoms with Gasteiger partial charge in [-0.2, -0.15) is 17.2 Å². The van der Waals surface area contributed by atoms with Gasteiger partial charge >= 0.3 is 27.3 Å². The predicted molar refractivity (Wildman–Crippen MR) is 143 cm³/mol. The summed E-state index contributed by atoms with van der Waals surface area (Å²) in [7, 11) is 0.381. The molecule has 202 valence electrons. The summed E-state index contributed by atoms with van der Waals surface area (Å²) in [6, 6.07) is 4.14. The third-order valence-electron chi connectivity index (χ3n) is 8.08. The molecule has 1 aromatic carbocycles. The number of benzene rings is 1. The van der Waals surface area contributed by atoms with Gasteiger partial charge < -0.3 is 9.47 Å². The Bertz CT molecular complexity index is 1090. The molecule has 0 spiro atoms. The van der Waals surface area contributed by atoms with E-state index >= 15 is 0 Å². The molecule has 0 bridgehead atoms. The van der Waals surface area contributed by atoms with Crippen LogP contribution in [0.1, 0.15) is 62.1 Å². The Morgan fingerprint density at radius 1 is 0.973 bits per heavy atom. The smallest absolute Gasteiger partial charge is 0.405 e. The fourth-order valence-electron chi connectivity index (χ4n) is 5.99. The van der Waals surface area contributed by atoms with Crippen LogP contribution in [0.2, 0.25) is 0 Å². The molecule has 2 aliphatic carbocycles. The molecule has 5 unspecified atom stereocenters. The fraction of sp³-hybridized carbons (Fsp3) is 0.667. The van der Waals surface area contributed by atoms with E-state index in [1.54, 1.807) is 0 Å². The first-order chi connectivity index (χ1) is 17.3. The molecule has 1 N–H and O–H groups in total. The predicted octanol–water partition coefficient (Wildman–Crippen LogP) is 1.24. The SMILES string of the molecule is BCc1cc(CB)c(OC(=O)C2CCCC3C(C(=O)OC(C)C(F)(F)S(=O)(=O)O)CCCC23)c(CB)c1. The highest BCUT2D eigenvalue weighted by atomic mass is 32.2. The molecule has 0 saturated heterocycles. The van der Waals surface area contributed by atoms with Gasteiger partial charge in [-0.15, -0.1) is 0 Å². The summed E-state index contributed by atoms with van der Waals surface area (Å²) >= 11 is 0. The average Bonchev–Trinajstić information content (AvgIpc) is 2.86. The number of rotatable bonds is 9. The minimum absolute atomic E-state index is 0.157. The van der Waals surface area contributed by atoms with Crippen molar-refractivity contribution >= 4 is 45.6 Å². The minimum atomic E-state index is -5.74. The minimum Gasteiger partial charge on any atom is -0.455 e. The summed E-state index contributed by atoms with van der Waals surface area (Å²) in [5.74, 6) is -2.20. The summed E-state index contributed by atoms with van der Waals surface area (Å²) in [5.41, 5.74) is 3.15. The number of carbonyl (C=O) groups excluding carboxylic acids is 2. The molecule has 0 radical (unpaired) electrons. The van der Waals surface area contributed by atoms with Crippen LogP contribution in [-0.2, 0) is 43.4 Å². The van der Waals surface area contributed by atoms with Gasteiger partial charge in [0.2, 0.25) is 0 Å². The van der Waals surface area contributed by atoms with Crippen molar-refractivity contribution in [2.45, 2.75) is 75.8 Å². The van der Waals surface area contributed by atoms with E-state index in [0.717, 1.165) is 37.0 Å². The summed E-state index contributed by atoms with van der Waals surface area (Å²) < 4.78 is 69.7. The van der Waals surface area contributed by atoms with Crippen LogP contribution in [0.25, 0.3) is 0 Å². The monoisotopic (exact) mass is 538 g/mol. The highest BCUT2D eigenvalue weighted by Gasteiger charge is 2.53. The van der Waals surface area contributed by atoms with E-state index in [1.165, 1.54) is 5.56 Å². The summed E-state index contributed by atoms with van der Waals surface area (Å²) in [4.78, 5) is 26.4. The molecule has 7 nitrogen and oxygen atoms in total. The number of hydrogen-bond donors (Lipinski definition) is 1. The molecule has 0 heterocycles. The van der Waals surface area contributed by atoms with E-state index < -0.39 is 39.3 Å². The molecule has 3 rings (SSSR count). The Morgan fingerprint density at radius 3 is 1.89 bits per heavy atom. The second-order valence-electron chi connectivity index (χ2n) is 10.2. The topological polar surface area (TPSA) is 107 Å². The Labute approximate surface area is 220 Å². The summed E-state index contributed by atoms with van der Waals surface area (Å²) in [6.45, 7) is 0.744. The Kier molecular flexibility index (Phi) is 9.53. The molecule has 37 heavy (non-hydrogen) atoms. The zero-order valence-electron chi connectivity index (χ0n) is 22.0. The lowest BCUT2D eigenvalue weighted by molar-refractivity contribution is -0.171. The maximum absolute atomic E-state index is 14.0. The van der Waals surface area contributed by atoms with Crippen LogP contribution < -0.4 is 4.74 Å². The van der Waals surface area contributed by atoms with Crippen molar-refractivity contribution in [3.05, 3.63) is 28.8 Å². The zero-order chi connectivity index (χ0) is 27.5. The standard InChI is InChI=1S/C24H35B3F2O7S/c1-13(24(28,29)37(32,33)34)35-22(30)19-6-2-5-18-17(19)4-3-7-20(18)23(31)36-21-15(11-26)8-14(10-25)9-16(21)12-27/h8-9,13,17-20H,2-7,10-12,25-27H2,1H3,(H,32,33,34). The fourth-order valence-corrected chi connectivity index (χ4v) is 6.46. The molecule has 5 atom stereocenters.